The minimum absolute atomic E-state index is 0.974. The molecule has 0 fully saturated rings. The number of aromatic nitrogens is 4. The summed E-state index contributed by atoms with van der Waals surface area (Å²) in [5.74, 6) is 0. The maximum Gasteiger partial charge on any atom is 0.0788 e. The molecule has 0 aliphatic heterocycles. The monoisotopic (exact) mass is 826 g/mol. The van der Waals surface area contributed by atoms with Gasteiger partial charge in [-0.05, 0) is 77.9 Å². The fourth-order valence-electron chi connectivity index (χ4n) is 10.8. The topological polar surface area (TPSA) is 27.7 Å². The van der Waals surface area contributed by atoms with Gasteiger partial charge in [-0.3, -0.25) is 0 Å². The van der Waals surface area contributed by atoms with Crippen LogP contribution in [0.5, 0.6) is 0 Å². The molecule has 4 nitrogen and oxygen atoms in total. The third kappa shape index (κ3) is 5.28. The van der Waals surface area contributed by atoms with E-state index in [1.807, 2.05) is 0 Å². The standard InChI is InChI=1S/C61H38N4/c1-2-16-42(17-3-1)65-58-29-15-9-22-49(58)50-34-35-52-59(61(50)65)51-23-4-10-24-53(51)62-60(52)40-32-30-39(31-33-40)41-36-43(63-54-25-11-5-18-45(54)46-19-6-12-26-55(46)63)38-44(37-41)64-56-27-13-7-20-47(56)48-21-8-14-28-57(48)64/h1-38H. The Morgan fingerprint density at radius 2 is 0.677 bits per heavy atom. The van der Waals surface area contributed by atoms with Crippen LogP contribution in [-0.4, -0.2) is 18.7 Å². The van der Waals surface area contributed by atoms with Crippen molar-refractivity contribution in [2.75, 3.05) is 0 Å². The molecule has 0 saturated heterocycles. The SMILES string of the molecule is c1ccc(-n2c3ccccc3c3ccc4c(-c5ccc(-c6cc(-n7c8ccccc8c8ccccc87)cc(-n7c8ccccc8c8ccccc87)c6)cc5)nc5ccccc5c4c32)cc1. The van der Waals surface area contributed by atoms with Gasteiger partial charge in [-0.1, -0.05) is 164 Å². The Morgan fingerprint density at radius 1 is 0.262 bits per heavy atom. The van der Waals surface area contributed by atoms with Crippen molar-refractivity contribution in [3.8, 4) is 39.4 Å². The quantitative estimate of drug-likeness (QED) is 0.159. The summed E-state index contributed by atoms with van der Waals surface area (Å²) in [7, 11) is 0. The lowest BCUT2D eigenvalue weighted by Gasteiger charge is -2.16. The molecule has 14 aromatic rings. The van der Waals surface area contributed by atoms with E-state index < -0.39 is 0 Å². The molecule has 65 heavy (non-hydrogen) atoms. The van der Waals surface area contributed by atoms with Gasteiger partial charge in [-0.25, -0.2) is 4.98 Å². The van der Waals surface area contributed by atoms with Crippen LogP contribution in [0.4, 0.5) is 0 Å². The van der Waals surface area contributed by atoms with E-state index in [1.54, 1.807) is 0 Å². The first-order valence-corrected chi connectivity index (χ1v) is 22.3. The van der Waals surface area contributed by atoms with Crippen molar-refractivity contribution in [1.29, 1.82) is 0 Å². The van der Waals surface area contributed by atoms with Gasteiger partial charge in [0.05, 0.1) is 44.3 Å². The van der Waals surface area contributed by atoms with Crippen LogP contribution < -0.4 is 0 Å². The van der Waals surface area contributed by atoms with Crippen LogP contribution in [0, 0.1) is 0 Å². The van der Waals surface area contributed by atoms with Crippen LogP contribution >= 0.6 is 0 Å². The first-order valence-electron chi connectivity index (χ1n) is 22.3. The molecule has 4 heteroatoms. The molecule has 0 unspecified atom stereocenters. The van der Waals surface area contributed by atoms with Gasteiger partial charge in [-0.2, -0.15) is 0 Å². The second-order valence-electron chi connectivity index (χ2n) is 17.1. The van der Waals surface area contributed by atoms with Crippen LogP contribution in [0.1, 0.15) is 0 Å². The number of benzene rings is 10. The maximum atomic E-state index is 5.43. The van der Waals surface area contributed by atoms with Crippen LogP contribution in [0.2, 0.25) is 0 Å². The Hall–Kier alpha value is -8.73. The summed E-state index contributed by atoms with van der Waals surface area (Å²) in [6.07, 6.45) is 0. The second-order valence-corrected chi connectivity index (χ2v) is 17.1. The lowest BCUT2D eigenvalue weighted by molar-refractivity contribution is 1.13. The van der Waals surface area contributed by atoms with Crippen molar-refractivity contribution in [1.82, 2.24) is 18.7 Å². The molecule has 0 aliphatic carbocycles. The van der Waals surface area contributed by atoms with Gasteiger partial charge in [0.1, 0.15) is 0 Å². The van der Waals surface area contributed by atoms with E-state index in [1.165, 1.54) is 70.8 Å². The normalized spacial score (nSPS) is 12.0. The van der Waals surface area contributed by atoms with Gasteiger partial charge in [0.25, 0.3) is 0 Å². The number of hydrogen-bond donors (Lipinski definition) is 0. The molecule has 0 radical (unpaired) electrons. The molecule has 0 bridgehead atoms. The van der Waals surface area contributed by atoms with Gasteiger partial charge in [0.15, 0.2) is 0 Å². The highest BCUT2D eigenvalue weighted by Crippen LogP contribution is 2.43. The molecule has 0 N–H and O–H groups in total. The van der Waals surface area contributed by atoms with Crippen LogP contribution in [0.25, 0.3) is 127 Å². The zero-order valence-electron chi connectivity index (χ0n) is 35.2. The van der Waals surface area contributed by atoms with E-state index in [-0.39, 0.29) is 0 Å². The van der Waals surface area contributed by atoms with Gasteiger partial charge < -0.3 is 13.7 Å². The molecule has 302 valence electrons. The predicted molar refractivity (Wildman–Crippen MR) is 273 cm³/mol. The molecule has 0 amide bonds. The highest BCUT2D eigenvalue weighted by molar-refractivity contribution is 6.27. The lowest BCUT2D eigenvalue weighted by Crippen LogP contribution is -2.00. The van der Waals surface area contributed by atoms with E-state index >= 15 is 0 Å². The first-order chi connectivity index (χ1) is 32.3. The minimum Gasteiger partial charge on any atom is -0.309 e. The third-order valence-corrected chi connectivity index (χ3v) is 13.6. The predicted octanol–water partition coefficient (Wildman–Crippen LogP) is 16.0. The van der Waals surface area contributed by atoms with Crippen LogP contribution in [0.15, 0.2) is 231 Å². The summed E-state index contributed by atoms with van der Waals surface area (Å²) in [5.41, 5.74) is 15.8. The van der Waals surface area contributed by atoms with E-state index in [2.05, 4.69) is 244 Å². The van der Waals surface area contributed by atoms with Gasteiger partial charge in [0, 0.05) is 71.1 Å². The highest BCUT2D eigenvalue weighted by Gasteiger charge is 2.21. The van der Waals surface area contributed by atoms with Crippen molar-refractivity contribution in [3.05, 3.63) is 231 Å². The first kappa shape index (κ1) is 35.8. The Kier molecular flexibility index (Phi) is 7.65. The summed E-state index contributed by atoms with van der Waals surface area (Å²) in [4.78, 5) is 5.43. The van der Waals surface area contributed by atoms with E-state index in [0.29, 0.717) is 0 Å². The van der Waals surface area contributed by atoms with Crippen molar-refractivity contribution in [3.63, 3.8) is 0 Å². The zero-order chi connectivity index (χ0) is 42.6. The van der Waals surface area contributed by atoms with Crippen molar-refractivity contribution in [2.45, 2.75) is 0 Å². The zero-order valence-corrected chi connectivity index (χ0v) is 35.2. The fourth-order valence-corrected chi connectivity index (χ4v) is 10.8. The highest BCUT2D eigenvalue weighted by atomic mass is 15.0. The second kappa shape index (κ2) is 13.9. The minimum atomic E-state index is 0.974. The van der Waals surface area contributed by atoms with Crippen molar-refractivity contribution in [2.24, 2.45) is 0 Å². The Morgan fingerprint density at radius 3 is 1.22 bits per heavy atom. The lowest BCUT2D eigenvalue weighted by atomic mass is 9.96. The fraction of sp³-hybridized carbons (Fsp3) is 0. The van der Waals surface area contributed by atoms with Gasteiger partial charge >= 0.3 is 0 Å². The molecule has 0 spiro atoms. The Balaban J connectivity index is 1.00. The summed E-state index contributed by atoms with van der Waals surface area (Å²) in [6.45, 7) is 0. The van der Waals surface area contributed by atoms with Crippen molar-refractivity contribution < 1.29 is 0 Å². The average Bonchev–Trinajstić information content (AvgIpc) is 4.02. The van der Waals surface area contributed by atoms with Gasteiger partial charge in [-0.15, -0.1) is 0 Å². The molecule has 4 heterocycles. The molecule has 0 atom stereocenters. The molecule has 4 aromatic heterocycles. The number of nitrogens with zero attached hydrogens (tertiary/aromatic N) is 4. The van der Waals surface area contributed by atoms with Crippen molar-refractivity contribution >= 4 is 87.1 Å². The summed E-state index contributed by atoms with van der Waals surface area (Å²) >= 11 is 0. The summed E-state index contributed by atoms with van der Waals surface area (Å²) in [5, 5.41) is 10.9. The number of rotatable bonds is 5. The third-order valence-electron chi connectivity index (χ3n) is 13.6. The summed E-state index contributed by atoms with van der Waals surface area (Å²) < 4.78 is 7.30. The van der Waals surface area contributed by atoms with E-state index in [0.717, 1.165) is 55.7 Å². The number of hydrogen-bond acceptors (Lipinski definition) is 1. The number of pyridine rings is 1. The molecule has 14 rings (SSSR count). The Labute approximate surface area is 374 Å². The molecular formula is C61H38N4. The molecule has 10 aromatic carbocycles. The molecule has 0 saturated carbocycles. The molecule has 0 aliphatic rings. The van der Waals surface area contributed by atoms with Gasteiger partial charge in [0.2, 0.25) is 0 Å². The maximum absolute atomic E-state index is 5.43. The molecular weight excluding hydrogens is 789 g/mol. The van der Waals surface area contributed by atoms with E-state index in [4.69, 9.17) is 4.98 Å². The Bertz CT molecular complexity index is 3990. The largest absolute Gasteiger partial charge is 0.309 e. The smallest absolute Gasteiger partial charge is 0.0788 e. The average molecular weight is 827 g/mol. The van der Waals surface area contributed by atoms with Crippen LogP contribution in [-0.2, 0) is 0 Å². The van der Waals surface area contributed by atoms with E-state index in [9.17, 15) is 0 Å². The summed E-state index contributed by atoms with van der Waals surface area (Å²) in [6, 6.07) is 83.9. The number of para-hydroxylation sites is 7. The van der Waals surface area contributed by atoms with Crippen LogP contribution in [0.3, 0.4) is 0 Å². The number of fused-ring (bicyclic) bond motifs is 13.